The van der Waals surface area contributed by atoms with Crippen molar-refractivity contribution < 1.29 is 12.8 Å². The molecular formula is C16H14ClFN4O2S. The highest BCUT2D eigenvalue weighted by Crippen LogP contribution is 2.20. The number of hydrogen-bond donors (Lipinski definition) is 1. The zero-order valence-corrected chi connectivity index (χ0v) is 14.7. The molecule has 2 heterocycles. The van der Waals surface area contributed by atoms with Crippen molar-refractivity contribution >= 4 is 21.6 Å². The number of pyridine rings is 1. The van der Waals surface area contributed by atoms with Gasteiger partial charge in [-0.1, -0.05) is 11.6 Å². The molecule has 0 atom stereocenters. The fourth-order valence-corrected chi connectivity index (χ4v) is 3.50. The summed E-state index contributed by atoms with van der Waals surface area (Å²) in [6.45, 7) is 0.0336. The van der Waals surface area contributed by atoms with E-state index < -0.39 is 15.8 Å². The molecule has 0 aliphatic carbocycles. The SMILES string of the molecule is Cn1nc(-c2ccncc2)cc1CNS(=O)(=O)c1ccc(F)c(Cl)c1. The van der Waals surface area contributed by atoms with E-state index >= 15 is 0 Å². The van der Waals surface area contributed by atoms with Gasteiger partial charge in [-0.25, -0.2) is 17.5 Å². The minimum Gasteiger partial charge on any atom is -0.271 e. The molecule has 3 rings (SSSR count). The third-order valence-corrected chi connectivity index (χ3v) is 5.29. The molecule has 0 aliphatic rings. The predicted molar refractivity (Wildman–Crippen MR) is 91.9 cm³/mol. The van der Waals surface area contributed by atoms with Gasteiger partial charge in [0.1, 0.15) is 5.82 Å². The number of sulfonamides is 1. The van der Waals surface area contributed by atoms with Crippen LogP contribution in [0.15, 0.2) is 53.7 Å². The van der Waals surface area contributed by atoms with Crippen LogP contribution in [0.3, 0.4) is 0 Å². The quantitative estimate of drug-likeness (QED) is 0.738. The molecule has 0 fully saturated rings. The second-order valence-electron chi connectivity index (χ2n) is 5.28. The van der Waals surface area contributed by atoms with Gasteiger partial charge in [0.25, 0.3) is 0 Å². The third-order valence-electron chi connectivity index (χ3n) is 3.60. The number of halogens is 2. The lowest BCUT2D eigenvalue weighted by atomic mass is 10.2. The van der Waals surface area contributed by atoms with Gasteiger partial charge in [-0.05, 0) is 36.4 Å². The van der Waals surface area contributed by atoms with E-state index in [1.54, 1.807) is 30.2 Å². The number of nitrogens with one attached hydrogen (secondary N) is 1. The summed E-state index contributed by atoms with van der Waals surface area (Å²) in [6.07, 6.45) is 3.31. The van der Waals surface area contributed by atoms with Gasteiger partial charge in [-0.3, -0.25) is 9.67 Å². The van der Waals surface area contributed by atoms with Crippen LogP contribution < -0.4 is 4.72 Å². The van der Waals surface area contributed by atoms with Crippen molar-refractivity contribution in [2.75, 3.05) is 0 Å². The van der Waals surface area contributed by atoms with Gasteiger partial charge in [0.05, 0.1) is 27.9 Å². The molecular weight excluding hydrogens is 367 g/mol. The summed E-state index contributed by atoms with van der Waals surface area (Å²) in [6, 6.07) is 8.67. The fourth-order valence-electron chi connectivity index (χ4n) is 2.23. The first-order chi connectivity index (χ1) is 11.9. The lowest BCUT2D eigenvalue weighted by Crippen LogP contribution is -2.24. The Morgan fingerprint density at radius 2 is 1.92 bits per heavy atom. The molecule has 2 aromatic heterocycles. The highest BCUT2D eigenvalue weighted by Gasteiger charge is 2.17. The van der Waals surface area contributed by atoms with Crippen LogP contribution in [0.1, 0.15) is 5.69 Å². The Labute approximate surface area is 149 Å². The summed E-state index contributed by atoms with van der Waals surface area (Å²) in [7, 11) is -2.10. The fraction of sp³-hybridized carbons (Fsp3) is 0.125. The van der Waals surface area contributed by atoms with Gasteiger partial charge in [0.2, 0.25) is 10.0 Å². The predicted octanol–water partition coefficient (Wildman–Crippen LogP) is 2.75. The average molecular weight is 381 g/mol. The Hall–Kier alpha value is -2.29. The van der Waals surface area contributed by atoms with Gasteiger partial charge in [-0.2, -0.15) is 5.10 Å². The highest BCUT2D eigenvalue weighted by atomic mass is 35.5. The number of nitrogens with zero attached hydrogens (tertiary/aromatic N) is 3. The van der Waals surface area contributed by atoms with E-state index in [9.17, 15) is 12.8 Å². The molecule has 6 nitrogen and oxygen atoms in total. The molecule has 0 radical (unpaired) electrons. The number of aromatic nitrogens is 3. The van der Waals surface area contributed by atoms with Gasteiger partial charge in [0.15, 0.2) is 0 Å². The van der Waals surface area contributed by atoms with E-state index in [1.807, 2.05) is 12.1 Å². The minimum absolute atomic E-state index is 0.0336. The average Bonchev–Trinajstić information content (AvgIpc) is 2.97. The van der Waals surface area contributed by atoms with Gasteiger partial charge < -0.3 is 0 Å². The van der Waals surface area contributed by atoms with Crippen molar-refractivity contribution in [2.24, 2.45) is 7.05 Å². The van der Waals surface area contributed by atoms with Crippen LogP contribution in [0.4, 0.5) is 4.39 Å². The summed E-state index contributed by atoms with van der Waals surface area (Å²) in [5.41, 5.74) is 2.26. The van der Waals surface area contributed by atoms with Gasteiger partial charge in [-0.15, -0.1) is 0 Å². The summed E-state index contributed by atoms with van der Waals surface area (Å²) >= 11 is 5.65. The molecule has 0 amide bonds. The zero-order valence-electron chi connectivity index (χ0n) is 13.1. The summed E-state index contributed by atoms with van der Waals surface area (Å²) in [5, 5.41) is 4.12. The Kier molecular flexibility index (Phi) is 4.85. The van der Waals surface area contributed by atoms with Crippen molar-refractivity contribution in [3.05, 3.63) is 65.3 Å². The molecule has 0 spiro atoms. The lowest BCUT2D eigenvalue weighted by molar-refractivity contribution is 0.576. The van der Waals surface area contributed by atoms with E-state index in [0.717, 1.165) is 23.8 Å². The Balaban J connectivity index is 1.79. The Morgan fingerprint density at radius 3 is 2.60 bits per heavy atom. The van der Waals surface area contributed by atoms with Crippen LogP contribution in [0, 0.1) is 5.82 Å². The monoisotopic (exact) mass is 380 g/mol. The maximum absolute atomic E-state index is 13.2. The van der Waals surface area contributed by atoms with Crippen LogP contribution in [-0.2, 0) is 23.6 Å². The molecule has 0 unspecified atom stereocenters. The number of aryl methyl sites for hydroxylation is 1. The lowest BCUT2D eigenvalue weighted by Gasteiger charge is -2.07. The standard InChI is InChI=1S/C16H14ClFN4O2S/c1-22-12(8-16(21-22)11-4-6-19-7-5-11)10-20-25(23,24)13-2-3-15(18)14(17)9-13/h2-9,20H,10H2,1H3. The highest BCUT2D eigenvalue weighted by molar-refractivity contribution is 7.89. The summed E-state index contributed by atoms with van der Waals surface area (Å²) < 4.78 is 41.9. The number of benzene rings is 1. The Bertz CT molecular complexity index is 1010. The molecule has 0 bridgehead atoms. The summed E-state index contributed by atoms with van der Waals surface area (Å²) in [5.74, 6) is -0.672. The van der Waals surface area contributed by atoms with E-state index in [0.29, 0.717) is 11.4 Å². The Morgan fingerprint density at radius 1 is 1.20 bits per heavy atom. The van der Waals surface area contributed by atoms with Crippen molar-refractivity contribution in [3.8, 4) is 11.3 Å². The zero-order chi connectivity index (χ0) is 18.0. The summed E-state index contributed by atoms with van der Waals surface area (Å²) in [4.78, 5) is 3.85. The molecule has 0 saturated heterocycles. The third kappa shape index (κ3) is 3.87. The smallest absolute Gasteiger partial charge is 0.240 e. The van der Waals surface area contributed by atoms with E-state index in [1.165, 1.54) is 0 Å². The molecule has 3 aromatic rings. The van der Waals surface area contributed by atoms with Crippen molar-refractivity contribution in [1.82, 2.24) is 19.5 Å². The second kappa shape index (κ2) is 6.91. The van der Waals surface area contributed by atoms with E-state index in [-0.39, 0.29) is 16.5 Å². The normalized spacial score (nSPS) is 11.6. The van der Waals surface area contributed by atoms with Crippen molar-refractivity contribution in [2.45, 2.75) is 11.4 Å². The first-order valence-electron chi connectivity index (χ1n) is 7.25. The molecule has 9 heteroatoms. The molecule has 130 valence electrons. The first-order valence-corrected chi connectivity index (χ1v) is 9.11. The molecule has 1 N–H and O–H groups in total. The van der Waals surface area contributed by atoms with Crippen LogP contribution >= 0.6 is 11.6 Å². The molecule has 0 aliphatic heterocycles. The molecule has 25 heavy (non-hydrogen) atoms. The molecule has 0 saturated carbocycles. The van der Waals surface area contributed by atoms with Gasteiger partial charge in [0, 0.05) is 25.0 Å². The van der Waals surface area contributed by atoms with Crippen molar-refractivity contribution in [3.63, 3.8) is 0 Å². The van der Waals surface area contributed by atoms with Crippen LogP contribution in [0.5, 0.6) is 0 Å². The molecule has 1 aromatic carbocycles. The second-order valence-corrected chi connectivity index (χ2v) is 7.46. The maximum Gasteiger partial charge on any atom is 0.240 e. The number of rotatable bonds is 5. The van der Waals surface area contributed by atoms with Crippen molar-refractivity contribution in [1.29, 1.82) is 0 Å². The first kappa shape index (κ1) is 17.5. The minimum atomic E-state index is -3.82. The largest absolute Gasteiger partial charge is 0.271 e. The van der Waals surface area contributed by atoms with Crippen LogP contribution in [0.2, 0.25) is 5.02 Å². The maximum atomic E-state index is 13.2. The topological polar surface area (TPSA) is 76.9 Å². The van der Waals surface area contributed by atoms with E-state index in [4.69, 9.17) is 11.6 Å². The van der Waals surface area contributed by atoms with Crippen LogP contribution in [-0.4, -0.2) is 23.2 Å². The van der Waals surface area contributed by atoms with Crippen LogP contribution in [0.25, 0.3) is 11.3 Å². The van der Waals surface area contributed by atoms with Gasteiger partial charge >= 0.3 is 0 Å². The number of hydrogen-bond acceptors (Lipinski definition) is 4. The van der Waals surface area contributed by atoms with E-state index in [2.05, 4.69) is 14.8 Å².